The van der Waals surface area contributed by atoms with Crippen LogP contribution in [0.4, 0.5) is 0 Å². The highest BCUT2D eigenvalue weighted by atomic mass is 32.1. The highest BCUT2D eigenvalue weighted by Gasteiger charge is 2.09. The summed E-state index contributed by atoms with van der Waals surface area (Å²) >= 11 is 2.84. The Balaban J connectivity index is 2.17. The molecule has 18 heavy (non-hydrogen) atoms. The summed E-state index contributed by atoms with van der Waals surface area (Å²) in [6, 6.07) is 1.73. The normalized spacial score (nSPS) is 11.2. The Hall–Kier alpha value is -1.73. The molecule has 0 amide bonds. The summed E-state index contributed by atoms with van der Waals surface area (Å²) in [5.74, 6) is 0. The number of H-pyrrole nitrogens is 1. The maximum absolute atomic E-state index is 12.2. The predicted molar refractivity (Wildman–Crippen MR) is 72.7 cm³/mol. The molecule has 0 radical (unpaired) electrons. The third-order valence-electron chi connectivity index (χ3n) is 2.59. The van der Waals surface area contributed by atoms with E-state index in [4.69, 9.17) is 0 Å². The van der Waals surface area contributed by atoms with E-state index in [0.717, 1.165) is 9.88 Å². The van der Waals surface area contributed by atoms with Gasteiger partial charge in [0.25, 0.3) is 5.56 Å². The van der Waals surface area contributed by atoms with E-state index in [1.54, 1.807) is 17.6 Å². The number of nitrogens with one attached hydrogen (secondary N) is 1. The highest BCUT2D eigenvalue weighted by Crippen LogP contribution is 2.14. The molecular formula is C11H9N3O2S2. The number of aryl methyl sites for hydroxylation is 1. The van der Waals surface area contributed by atoms with Gasteiger partial charge in [-0.15, -0.1) is 22.7 Å². The van der Waals surface area contributed by atoms with E-state index in [9.17, 15) is 9.59 Å². The highest BCUT2D eigenvalue weighted by molar-refractivity contribution is 7.16. The molecule has 3 aromatic heterocycles. The molecular weight excluding hydrogens is 270 g/mol. The average molecular weight is 279 g/mol. The molecule has 0 unspecified atom stereocenters. The number of hydrogen-bond donors (Lipinski definition) is 1. The largest absolute Gasteiger partial charge is 0.329 e. The number of aromatic amines is 1. The minimum Gasteiger partial charge on any atom is -0.298 e. The second-order valence-electron chi connectivity index (χ2n) is 3.83. The van der Waals surface area contributed by atoms with Crippen LogP contribution < -0.4 is 11.2 Å². The van der Waals surface area contributed by atoms with Crippen LogP contribution in [0.3, 0.4) is 0 Å². The predicted octanol–water partition coefficient (Wildman–Crippen LogP) is 1.56. The maximum atomic E-state index is 12.2. The summed E-state index contributed by atoms with van der Waals surface area (Å²) in [4.78, 5) is 32.4. The van der Waals surface area contributed by atoms with E-state index < -0.39 is 0 Å². The van der Waals surface area contributed by atoms with E-state index in [2.05, 4.69) is 9.97 Å². The molecule has 0 aliphatic carbocycles. The van der Waals surface area contributed by atoms with Gasteiger partial charge in [-0.25, -0.2) is 9.78 Å². The van der Waals surface area contributed by atoms with Gasteiger partial charge in [0.05, 0.1) is 16.9 Å². The van der Waals surface area contributed by atoms with Gasteiger partial charge in [-0.3, -0.25) is 14.3 Å². The summed E-state index contributed by atoms with van der Waals surface area (Å²) in [5.41, 5.74) is -0.623. The Morgan fingerprint density at radius 1 is 1.44 bits per heavy atom. The van der Waals surface area contributed by atoms with Gasteiger partial charge in [0.1, 0.15) is 4.83 Å². The van der Waals surface area contributed by atoms with E-state index in [1.807, 2.05) is 6.92 Å². The van der Waals surface area contributed by atoms with Gasteiger partial charge in [0.2, 0.25) is 0 Å². The molecule has 0 aliphatic rings. The van der Waals surface area contributed by atoms with E-state index >= 15 is 0 Å². The average Bonchev–Trinajstić information content (AvgIpc) is 2.93. The van der Waals surface area contributed by atoms with Crippen molar-refractivity contribution in [2.75, 3.05) is 0 Å². The molecule has 0 spiro atoms. The summed E-state index contributed by atoms with van der Waals surface area (Å²) in [6.45, 7) is 2.16. The molecule has 5 nitrogen and oxygen atoms in total. The first-order valence-corrected chi connectivity index (χ1v) is 6.96. The second-order valence-corrected chi connectivity index (χ2v) is 6.07. The Morgan fingerprint density at radius 3 is 3.00 bits per heavy atom. The molecule has 0 fully saturated rings. The van der Waals surface area contributed by atoms with Crippen LogP contribution in [0.25, 0.3) is 10.2 Å². The van der Waals surface area contributed by atoms with Crippen LogP contribution >= 0.6 is 22.7 Å². The zero-order valence-electron chi connectivity index (χ0n) is 9.47. The summed E-state index contributed by atoms with van der Waals surface area (Å²) in [5, 5.41) is 3.27. The molecule has 0 saturated heterocycles. The van der Waals surface area contributed by atoms with Crippen molar-refractivity contribution < 1.29 is 0 Å². The van der Waals surface area contributed by atoms with E-state index in [-0.39, 0.29) is 17.8 Å². The summed E-state index contributed by atoms with van der Waals surface area (Å²) in [7, 11) is 0. The summed E-state index contributed by atoms with van der Waals surface area (Å²) < 4.78 is 1.21. The zero-order chi connectivity index (χ0) is 12.7. The fourth-order valence-corrected chi connectivity index (χ4v) is 3.31. The van der Waals surface area contributed by atoms with Crippen LogP contribution in [-0.4, -0.2) is 14.5 Å². The molecule has 0 aromatic carbocycles. The molecule has 0 saturated carbocycles. The van der Waals surface area contributed by atoms with Gasteiger partial charge in [-0.05, 0) is 18.4 Å². The monoisotopic (exact) mass is 279 g/mol. The van der Waals surface area contributed by atoms with Crippen molar-refractivity contribution in [3.05, 3.63) is 48.4 Å². The number of fused-ring (bicyclic) bond motifs is 1. The molecule has 3 rings (SSSR count). The van der Waals surface area contributed by atoms with E-state index in [1.165, 1.54) is 27.2 Å². The third kappa shape index (κ3) is 1.81. The Bertz CT molecular complexity index is 825. The van der Waals surface area contributed by atoms with E-state index in [0.29, 0.717) is 10.2 Å². The topological polar surface area (TPSA) is 67.8 Å². The van der Waals surface area contributed by atoms with Crippen molar-refractivity contribution in [3.63, 3.8) is 0 Å². The Morgan fingerprint density at radius 2 is 2.28 bits per heavy atom. The Labute approximate surface area is 109 Å². The number of hydrogen-bond acceptors (Lipinski definition) is 5. The van der Waals surface area contributed by atoms with Gasteiger partial charge in [0, 0.05) is 11.1 Å². The quantitative estimate of drug-likeness (QED) is 0.774. The molecule has 7 heteroatoms. The molecule has 3 aromatic rings. The van der Waals surface area contributed by atoms with Gasteiger partial charge >= 0.3 is 5.69 Å². The smallest absolute Gasteiger partial charge is 0.298 e. The minimum atomic E-state index is -0.374. The van der Waals surface area contributed by atoms with Gasteiger partial charge < -0.3 is 0 Å². The van der Waals surface area contributed by atoms with Crippen LogP contribution in [0.2, 0.25) is 0 Å². The van der Waals surface area contributed by atoms with Crippen molar-refractivity contribution in [2.24, 2.45) is 0 Å². The summed E-state index contributed by atoms with van der Waals surface area (Å²) in [6.07, 6.45) is 1.70. The van der Waals surface area contributed by atoms with Crippen molar-refractivity contribution in [2.45, 2.75) is 13.5 Å². The van der Waals surface area contributed by atoms with Crippen molar-refractivity contribution in [1.82, 2.24) is 14.5 Å². The Kier molecular flexibility index (Phi) is 2.64. The second kappa shape index (κ2) is 4.18. The fraction of sp³-hybridized carbons (Fsp3) is 0.182. The van der Waals surface area contributed by atoms with Crippen LogP contribution in [0.15, 0.2) is 27.2 Å². The number of thiazole rings is 1. The van der Waals surface area contributed by atoms with Gasteiger partial charge in [-0.2, -0.15) is 0 Å². The van der Waals surface area contributed by atoms with Crippen molar-refractivity contribution in [1.29, 1.82) is 0 Å². The van der Waals surface area contributed by atoms with Gasteiger partial charge in [0.15, 0.2) is 0 Å². The lowest BCUT2D eigenvalue weighted by Gasteiger charge is -2.01. The van der Waals surface area contributed by atoms with Crippen LogP contribution in [0.1, 0.15) is 9.88 Å². The van der Waals surface area contributed by atoms with Crippen LogP contribution in [0, 0.1) is 6.92 Å². The zero-order valence-corrected chi connectivity index (χ0v) is 11.1. The first-order chi connectivity index (χ1) is 8.65. The first-order valence-electron chi connectivity index (χ1n) is 5.27. The van der Waals surface area contributed by atoms with Crippen LogP contribution in [0.5, 0.6) is 0 Å². The number of thiophene rings is 1. The number of aromatic nitrogens is 3. The SMILES string of the molecule is Cc1ncc(Cn2c(=O)[nH]c3sccc3c2=O)s1. The molecule has 0 aliphatic heterocycles. The van der Waals surface area contributed by atoms with Crippen molar-refractivity contribution >= 4 is 32.9 Å². The minimum absolute atomic E-state index is 0.249. The standard InChI is InChI=1S/C11H9N3O2S2/c1-6-12-4-7(18-6)5-14-10(15)8-2-3-17-9(8)13-11(14)16/h2-4H,5H2,1H3,(H,13,16). The molecule has 0 bridgehead atoms. The fourth-order valence-electron chi connectivity index (χ4n) is 1.75. The molecule has 0 atom stereocenters. The lowest BCUT2D eigenvalue weighted by atomic mass is 10.4. The molecule has 3 heterocycles. The first kappa shape index (κ1) is 11.4. The lowest BCUT2D eigenvalue weighted by Crippen LogP contribution is -2.34. The maximum Gasteiger partial charge on any atom is 0.329 e. The van der Waals surface area contributed by atoms with Gasteiger partial charge in [-0.1, -0.05) is 0 Å². The number of rotatable bonds is 2. The lowest BCUT2D eigenvalue weighted by molar-refractivity contribution is 0.720. The number of nitrogens with zero attached hydrogens (tertiary/aromatic N) is 2. The van der Waals surface area contributed by atoms with Crippen molar-refractivity contribution in [3.8, 4) is 0 Å². The third-order valence-corrected chi connectivity index (χ3v) is 4.32. The molecule has 1 N–H and O–H groups in total. The molecule has 92 valence electrons. The van der Waals surface area contributed by atoms with Crippen LogP contribution in [-0.2, 0) is 6.54 Å².